The van der Waals surface area contributed by atoms with E-state index in [0.29, 0.717) is 33.1 Å². The first-order valence-corrected chi connectivity index (χ1v) is 19.0. The van der Waals surface area contributed by atoms with Crippen LogP contribution in [0.15, 0.2) is 141 Å². The molecule has 0 spiro atoms. The minimum atomic E-state index is -0.440. The van der Waals surface area contributed by atoms with Crippen molar-refractivity contribution >= 4 is 57.9 Å². The molecule has 0 aromatic heterocycles. The largest absolute Gasteiger partial charge is 0.505 e. The number of nitro benzene ring substituents is 2. The van der Waals surface area contributed by atoms with E-state index >= 15 is 0 Å². The predicted octanol–water partition coefficient (Wildman–Crippen LogP) is 10.1. The molecule has 6 aromatic rings. The molecule has 15 heteroatoms. The number of para-hydroxylation sites is 2. The van der Waals surface area contributed by atoms with Crippen LogP contribution in [0.5, 0.6) is 11.5 Å². The van der Waals surface area contributed by atoms with E-state index in [-0.39, 0.29) is 49.2 Å². The van der Waals surface area contributed by atoms with Gasteiger partial charge in [-0.1, -0.05) is 77.1 Å². The Morgan fingerprint density at radius 2 is 1.00 bits per heavy atom. The van der Waals surface area contributed by atoms with E-state index in [1.165, 1.54) is 47.8 Å². The Labute approximate surface area is 336 Å². The quantitative estimate of drug-likeness (QED) is 0.0347. The Morgan fingerprint density at radius 1 is 0.589 bits per heavy atom. The summed E-state index contributed by atoms with van der Waals surface area (Å²) in [6.07, 6.45) is 0. The van der Waals surface area contributed by atoms with Gasteiger partial charge < -0.3 is 31.1 Å². The summed E-state index contributed by atoms with van der Waals surface area (Å²) in [6, 6.07) is 34.9. The first-order valence-electron chi connectivity index (χ1n) is 17.0. The minimum Gasteiger partial charge on any atom is -0.505 e. The fourth-order valence-corrected chi connectivity index (χ4v) is 7.28. The molecule has 6 aromatic carbocycles. The van der Waals surface area contributed by atoms with E-state index in [1.807, 2.05) is 43.3 Å². The zero-order valence-electron chi connectivity index (χ0n) is 29.9. The predicted molar refractivity (Wildman–Crippen MR) is 220 cm³/mol. The van der Waals surface area contributed by atoms with Gasteiger partial charge in [0, 0.05) is 73.1 Å². The van der Waals surface area contributed by atoms with Crippen molar-refractivity contribution in [1.82, 2.24) is 0 Å². The summed E-state index contributed by atoms with van der Waals surface area (Å²) in [5, 5.41) is 68.1. The molecule has 0 aliphatic carbocycles. The zero-order chi connectivity index (χ0) is 40.2. The average Bonchev–Trinajstić information content (AvgIpc) is 3.19. The number of non-ortho nitro benzene ring substituents is 2. The van der Waals surface area contributed by atoms with Crippen LogP contribution in [0.4, 0.5) is 22.7 Å². The molecule has 0 radical (unpaired) electrons. The third-order valence-electron chi connectivity index (χ3n) is 8.32. The number of nitro groups is 2. The highest BCUT2D eigenvalue weighted by Gasteiger charge is 2.15. The maximum Gasteiger partial charge on any atom is 0.269 e. The second kappa shape index (κ2) is 19.7. The highest BCUT2D eigenvalue weighted by molar-refractivity contribution is 7.99. The van der Waals surface area contributed by atoms with E-state index < -0.39 is 9.85 Å². The summed E-state index contributed by atoms with van der Waals surface area (Å²) in [5.74, 6) is -0.0643. The van der Waals surface area contributed by atoms with Crippen LogP contribution in [0, 0.1) is 27.2 Å². The monoisotopic (exact) mass is 812 g/mol. The standard InChI is InChI=1S/C21H20N2O4S.C20H17ClN2O4S/c1-14-5-8-18(9-6-14)28-20-10-7-17(23(26)27)11-16(20)12-22-19-4-2-3-15(13-24)21(19)25;21-15-4-7-17(8-5-15)28-19-9-6-16(23(26)27)10-14(19)11-22-18-3-1-2-13(12-24)20(18)25/h2-11,22,24-25H,12-13H2,1H3;1-10,22,24-25H,11-12H2. The minimum absolute atomic E-state index is 0.00872. The molecule has 0 fully saturated rings. The molecule has 56 heavy (non-hydrogen) atoms. The SMILES string of the molecule is Cc1ccc(Sc2ccc([N+](=O)[O-])cc2CNc2cccc(CO)c2O)cc1.O=[N+]([O-])c1ccc(Sc2ccc(Cl)cc2)c(CNc2cccc(CO)c2O)c1. The van der Waals surface area contributed by atoms with E-state index in [9.17, 15) is 40.7 Å². The number of rotatable bonds is 14. The molecule has 0 heterocycles. The van der Waals surface area contributed by atoms with Crippen LogP contribution in [-0.2, 0) is 26.3 Å². The number of aryl methyl sites for hydroxylation is 1. The van der Waals surface area contributed by atoms with E-state index in [0.717, 1.165) is 30.7 Å². The lowest BCUT2D eigenvalue weighted by Gasteiger charge is -2.13. The topological polar surface area (TPSA) is 191 Å². The van der Waals surface area contributed by atoms with Gasteiger partial charge in [0.1, 0.15) is 11.5 Å². The van der Waals surface area contributed by atoms with Crippen molar-refractivity contribution in [2.75, 3.05) is 10.6 Å². The number of phenols is 2. The Kier molecular flexibility index (Phi) is 14.6. The Hall–Kier alpha value is -5.77. The smallest absolute Gasteiger partial charge is 0.269 e. The van der Waals surface area contributed by atoms with E-state index in [4.69, 9.17) is 11.6 Å². The van der Waals surface area contributed by atoms with Crippen molar-refractivity contribution in [2.45, 2.75) is 52.8 Å². The molecular formula is C41H37ClN4O8S2. The van der Waals surface area contributed by atoms with Gasteiger partial charge in [0.25, 0.3) is 11.4 Å². The number of aliphatic hydroxyl groups is 2. The van der Waals surface area contributed by atoms with Crippen LogP contribution in [0.2, 0.25) is 5.02 Å². The second-order valence-electron chi connectivity index (χ2n) is 12.2. The first-order chi connectivity index (χ1) is 26.9. The van der Waals surface area contributed by atoms with Crippen LogP contribution < -0.4 is 10.6 Å². The Balaban J connectivity index is 0.000000214. The van der Waals surface area contributed by atoms with Crippen LogP contribution in [0.1, 0.15) is 27.8 Å². The van der Waals surface area contributed by atoms with Gasteiger partial charge in [-0.25, -0.2) is 0 Å². The normalized spacial score (nSPS) is 10.6. The zero-order valence-corrected chi connectivity index (χ0v) is 32.3. The van der Waals surface area contributed by atoms with Gasteiger partial charge in [-0.15, -0.1) is 0 Å². The van der Waals surface area contributed by atoms with Gasteiger partial charge in [0.2, 0.25) is 0 Å². The summed E-state index contributed by atoms with van der Waals surface area (Å²) in [4.78, 5) is 25.2. The molecule has 6 rings (SSSR count). The van der Waals surface area contributed by atoms with Crippen LogP contribution in [0.25, 0.3) is 0 Å². The molecule has 0 unspecified atom stereocenters. The summed E-state index contributed by atoms with van der Waals surface area (Å²) in [7, 11) is 0. The number of nitrogens with zero attached hydrogens (tertiary/aromatic N) is 2. The van der Waals surface area contributed by atoms with Crippen LogP contribution in [-0.4, -0.2) is 30.3 Å². The Morgan fingerprint density at radius 3 is 1.39 bits per heavy atom. The molecule has 0 bridgehead atoms. The molecule has 12 nitrogen and oxygen atoms in total. The maximum absolute atomic E-state index is 11.2. The van der Waals surface area contributed by atoms with Crippen molar-refractivity contribution in [3.8, 4) is 11.5 Å². The molecular weight excluding hydrogens is 776 g/mol. The fraction of sp³-hybridized carbons (Fsp3) is 0.122. The number of halogens is 1. The van der Waals surface area contributed by atoms with Crippen molar-refractivity contribution in [3.63, 3.8) is 0 Å². The van der Waals surface area contributed by atoms with Gasteiger partial charge >= 0.3 is 0 Å². The lowest BCUT2D eigenvalue weighted by molar-refractivity contribution is -0.385. The number of anilines is 2. The summed E-state index contributed by atoms with van der Waals surface area (Å²) in [6.45, 7) is 2.02. The van der Waals surface area contributed by atoms with Crippen molar-refractivity contribution in [3.05, 3.63) is 174 Å². The third kappa shape index (κ3) is 11.1. The Bertz CT molecular complexity index is 2150. The number of aliphatic hydroxyl groups excluding tert-OH is 2. The maximum atomic E-state index is 11.2. The molecule has 0 amide bonds. The lowest BCUT2D eigenvalue weighted by atomic mass is 10.1. The fourth-order valence-electron chi connectivity index (χ4n) is 5.30. The highest BCUT2D eigenvalue weighted by Crippen LogP contribution is 2.36. The highest BCUT2D eigenvalue weighted by atomic mass is 35.5. The summed E-state index contributed by atoms with van der Waals surface area (Å²) in [5.41, 5.74) is 4.35. The van der Waals surface area contributed by atoms with Gasteiger partial charge in [0.05, 0.1) is 34.4 Å². The van der Waals surface area contributed by atoms with E-state index in [2.05, 4.69) is 10.6 Å². The van der Waals surface area contributed by atoms with Gasteiger partial charge in [-0.05, 0) is 78.7 Å². The number of aromatic hydroxyl groups is 2. The number of nitrogens with one attached hydrogen (secondary N) is 2. The molecule has 0 aliphatic rings. The molecule has 0 saturated carbocycles. The third-order valence-corrected chi connectivity index (χ3v) is 10.8. The van der Waals surface area contributed by atoms with Crippen molar-refractivity contribution < 1.29 is 30.3 Å². The van der Waals surface area contributed by atoms with Crippen LogP contribution in [0.3, 0.4) is 0 Å². The summed E-state index contributed by atoms with van der Waals surface area (Å²) >= 11 is 8.91. The molecule has 288 valence electrons. The molecule has 0 aliphatic heterocycles. The number of hydrogen-bond donors (Lipinski definition) is 6. The lowest BCUT2D eigenvalue weighted by Crippen LogP contribution is -2.03. The number of hydrogen-bond acceptors (Lipinski definition) is 12. The molecule has 6 N–H and O–H groups in total. The van der Waals surface area contributed by atoms with Crippen molar-refractivity contribution in [2.24, 2.45) is 0 Å². The van der Waals surface area contributed by atoms with E-state index in [1.54, 1.807) is 60.7 Å². The first kappa shape index (κ1) is 41.4. The molecule has 0 atom stereocenters. The average molecular weight is 813 g/mol. The van der Waals surface area contributed by atoms with Gasteiger partial charge in [-0.3, -0.25) is 20.2 Å². The van der Waals surface area contributed by atoms with Gasteiger partial charge in [-0.2, -0.15) is 0 Å². The van der Waals surface area contributed by atoms with Crippen LogP contribution >= 0.6 is 35.1 Å². The molecule has 0 saturated heterocycles. The summed E-state index contributed by atoms with van der Waals surface area (Å²) < 4.78 is 0. The van der Waals surface area contributed by atoms with Crippen molar-refractivity contribution in [1.29, 1.82) is 0 Å². The second-order valence-corrected chi connectivity index (χ2v) is 14.9. The van der Waals surface area contributed by atoms with Gasteiger partial charge in [0.15, 0.2) is 0 Å². The number of benzene rings is 6.